The van der Waals surface area contributed by atoms with Crippen LogP contribution in [0.1, 0.15) is 27.2 Å². The molecule has 6 nitrogen and oxygen atoms in total. The second kappa shape index (κ2) is 11.2. The topological polar surface area (TPSA) is 52.9 Å². The van der Waals surface area contributed by atoms with Crippen molar-refractivity contribution in [3.05, 3.63) is 95.2 Å². The molecule has 6 heteroatoms. The highest BCUT2D eigenvalue weighted by Crippen LogP contribution is 2.32. The minimum Gasteiger partial charge on any atom is -0.497 e. The van der Waals surface area contributed by atoms with Crippen LogP contribution in [0.4, 0.5) is 0 Å². The van der Waals surface area contributed by atoms with Gasteiger partial charge in [-0.2, -0.15) is 0 Å². The predicted molar refractivity (Wildman–Crippen MR) is 147 cm³/mol. The number of aryl methyl sites for hydroxylation is 1. The van der Waals surface area contributed by atoms with Crippen LogP contribution in [0.15, 0.2) is 72.8 Å². The summed E-state index contributed by atoms with van der Waals surface area (Å²) in [5.74, 6) is 2.15. The van der Waals surface area contributed by atoms with Gasteiger partial charge >= 0.3 is 0 Å². The number of hydrogen-bond acceptors (Lipinski definition) is 4. The van der Waals surface area contributed by atoms with Gasteiger partial charge in [-0.05, 0) is 86.0 Å². The summed E-state index contributed by atoms with van der Waals surface area (Å²) >= 11 is 0. The Balaban J connectivity index is 1.64. The Kier molecular flexibility index (Phi) is 7.87. The standard InChI is InChI=1S/C31H34N2O4/c1-21-7-12-25(13-8-21)33-22(2)27(20-28(33)24-10-14-26(35-4)15-11-24)31(34)32(3)18-17-23-9-16-29(36-5)30(19-23)37-6/h7-16,19-20H,17-18H2,1-6H3. The van der Waals surface area contributed by atoms with Gasteiger partial charge in [-0.25, -0.2) is 0 Å². The van der Waals surface area contributed by atoms with Crippen LogP contribution in [0.5, 0.6) is 17.2 Å². The largest absolute Gasteiger partial charge is 0.497 e. The lowest BCUT2D eigenvalue weighted by Gasteiger charge is -2.18. The molecule has 0 N–H and O–H groups in total. The molecule has 0 aliphatic carbocycles. The van der Waals surface area contributed by atoms with Gasteiger partial charge in [0.25, 0.3) is 5.91 Å². The molecule has 0 radical (unpaired) electrons. The lowest BCUT2D eigenvalue weighted by atomic mass is 10.1. The fraction of sp³-hybridized carbons (Fsp3) is 0.258. The molecule has 0 atom stereocenters. The molecule has 0 unspecified atom stereocenters. The Labute approximate surface area is 219 Å². The summed E-state index contributed by atoms with van der Waals surface area (Å²) in [4.78, 5) is 15.4. The van der Waals surface area contributed by atoms with E-state index in [1.165, 1.54) is 5.56 Å². The van der Waals surface area contributed by atoms with Gasteiger partial charge in [-0.15, -0.1) is 0 Å². The Hall–Kier alpha value is -4.19. The minimum atomic E-state index is -0.0152. The molecule has 0 fully saturated rings. The molecular formula is C31H34N2O4. The van der Waals surface area contributed by atoms with Crippen molar-refractivity contribution < 1.29 is 19.0 Å². The summed E-state index contributed by atoms with van der Waals surface area (Å²) < 4.78 is 18.2. The average molecular weight is 499 g/mol. The third-order valence-corrected chi connectivity index (χ3v) is 6.69. The third kappa shape index (κ3) is 5.48. The number of aromatic nitrogens is 1. The normalized spacial score (nSPS) is 10.8. The summed E-state index contributed by atoms with van der Waals surface area (Å²) in [6, 6.07) is 24.1. The highest BCUT2D eigenvalue weighted by Gasteiger charge is 2.22. The van der Waals surface area contributed by atoms with E-state index in [9.17, 15) is 4.79 Å². The first-order valence-corrected chi connectivity index (χ1v) is 12.3. The van der Waals surface area contributed by atoms with Gasteiger partial charge in [0.05, 0.1) is 32.6 Å². The second-order valence-electron chi connectivity index (χ2n) is 9.09. The summed E-state index contributed by atoms with van der Waals surface area (Å²) in [6.45, 7) is 4.64. The maximum Gasteiger partial charge on any atom is 0.255 e. The monoisotopic (exact) mass is 498 g/mol. The number of nitrogens with zero attached hydrogens (tertiary/aromatic N) is 2. The molecule has 192 valence electrons. The van der Waals surface area contributed by atoms with Crippen molar-refractivity contribution in [1.29, 1.82) is 0 Å². The van der Waals surface area contributed by atoms with Crippen molar-refractivity contribution >= 4 is 5.91 Å². The van der Waals surface area contributed by atoms with Gasteiger partial charge in [0.15, 0.2) is 11.5 Å². The number of benzene rings is 3. The minimum absolute atomic E-state index is 0.0152. The number of amides is 1. The van der Waals surface area contributed by atoms with Crippen LogP contribution in [0.25, 0.3) is 16.9 Å². The van der Waals surface area contributed by atoms with Crippen LogP contribution in [0, 0.1) is 13.8 Å². The van der Waals surface area contributed by atoms with Gasteiger partial charge in [0.2, 0.25) is 0 Å². The first-order valence-electron chi connectivity index (χ1n) is 12.3. The number of carbonyl (C=O) groups is 1. The smallest absolute Gasteiger partial charge is 0.255 e. The fourth-order valence-electron chi connectivity index (χ4n) is 4.46. The van der Waals surface area contributed by atoms with Crippen LogP contribution in [0.2, 0.25) is 0 Å². The molecule has 1 heterocycles. The van der Waals surface area contributed by atoms with Crippen molar-refractivity contribution in [2.45, 2.75) is 20.3 Å². The fourth-order valence-corrected chi connectivity index (χ4v) is 4.46. The molecule has 0 saturated heterocycles. The number of ether oxygens (including phenoxy) is 3. The van der Waals surface area contributed by atoms with Crippen LogP contribution in [-0.4, -0.2) is 50.3 Å². The number of likely N-dealkylation sites (N-methyl/N-ethyl adjacent to an activating group) is 1. The van der Waals surface area contributed by atoms with Gasteiger partial charge in [-0.1, -0.05) is 23.8 Å². The SMILES string of the molecule is COc1ccc(-c2cc(C(=O)N(C)CCc3ccc(OC)c(OC)c3)c(C)n2-c2ccc(C)cc2)cc1. The molecule has 37 heavy (non-hydrogen) atoms. The molecule has 4 rings (SSSR count). The molecule has 4 aromatic rings. The van der Waals surface area contributed by atoms with Crippen molar-refractivity contribution in [2.24, 2.45) is 0 Å². The van der Waals surface area contributed by atoms with E-state index in [1.54, 1.807) is 26.2 Å². The zero-order chi connectivity index (χ0) is 26.5. The van der Waals surface area contributed by atoms with Crippen LogP contribution in [0.3, 0.4) is 0 Å². The highest BCUT2D eigenvalue weighted by molar-refractivity contribution is 5.97. The molecule has 1 amide bonds. The van der Waals surface area contributed by atoms with Crippen molar-refractivity contribution in [3.63, 3.8) is 0 Å². The maximum absolute atomic E-state index is 13.6. The molecule has 0 aliphatic rings. The van der Waals surface area contributed by atoms with Gasteiger partial charge in [-0.3, -0.25) is 4.79 Å². The van der Waals surface area contributed by atoms with Gasteiger partial charge in [0.1, 0.15) is 5.75 Å². The average Bonchev–Trinajstić information content (AvgIpc) is 3.28. The second-order valence-corrected chi connectivity index (χ2v) is 9.09. The number of rotatable bonds is 9. The van der Waals surface area contributed by atoms with Crippen molar-refractivity contribution in [2.75, 3.05) is 34.9 Å². The lowest BCUT2D eigenvalue weighted by Crippen LogP contribution is -2.29. The zero-order valence-electron chi connectivity index (χ0n) is 22.4. The molecule has 0 spiro atoms. The Morgan fingerprint density at radius 2 is 1.49 bits per heavy atom. The van der Waals surface area contributed by atoms with E-state index in [0.717, 1.165) is 34.0 Å². The van der Waals surface area contributed by atoms with Crippen LogP contribution < -0.4 is 14.2 Å². The Morgan fingerprint density at radius 1 is 0.811 bits per heavy atom. The van der Waals surface area contributed by atoms with E-state index >= 15 is 0 Å². The molecule has 0 aliphatic heterocycles. The quantitative estimate of drug-likeness (QED) is 0.280. The molecule has 0 saturated carbocycles. The predicted octanol–water partition coefficient (Wildman–Crippen LogP) is 6.10. The van der Waals surface area contributed by atoms with E-state index < -0.39 is 0 Å². The van der Waals surface area contributed by atoms with E-state index in [4.69, 9.17) is 14.2 Å². The van der Waals surface area contributed by atoms with E-state index in [-0.39, 0.29) is 5.91 Å². The molecular weight excluding hydrogens is 464 g/mol. The van der Waals surface area contributed by atoms with E-state index in [2.05, 4.69) is 35.8 Å². The number of hydrogen-bond donors (Lipinski definition) is 0. The van der Waals surface area contributed by atoms with Crippen molar-refractivity contribution in [3.8, 4) is 34.2 Å². The highest BCUT2D eigenvalue weighted by atomic mass is 16.5. The first-order chi connectivity index (χ1) is 17.9. The zero-order valence-corrected chi connectivity index (χ0v) is 22.4. The first kappa shape index (κ1) is 25.9. The molecule has 1 aromatic heterocycles. The van der Waals surface area contributed by atoms with Gasteiger partial charge < -0.3 is 23.7 Å². The Bertz CT molecular complexity index is 1370. The lowest BCUT2D eigenvalue weighted by molar-refractivity contribution is 0.0796. The summed E-state index contributed by atoms with van der Waals surface area (Å²) in [6.07, 6.45) is 0.700. The molecule has 3 aromatic carbocycles. The Morgan fingerprint density at radius 3 is 2.11 bits per heavy atom. The van der Waals surface area contributed by atoms with Crippen molar-refractivity contribution in [1.82, 2.24) is 9.47 Å². The summed E-state index contributed by atoms with van der Waals surface area (Å²) in [5, 5.41) is 0. The van der Waals surface area contributed by atoms with Crippen LogP contribution in [-0.2, 0) is 6.42 Å². The van der Waals surface area contributed by atoms with Crippen LogP contribution >= 0.6 is 0 Å². The summed E-state index contributed by atoms with van der Waals surface area (Å²) in [5.41, 5.74) is 6.83. The van der Waals surface area contributed by atoms with E-state index in [1.807, 2.05) is 62.5 Å². The number of methoxy groups -OCH3 is 3. The molecule has 0 bridgehead atoms. The number of carbonyl (C=O) groups excluding carboxylic acids is 1. The summed E-state index contributed by atoms with van der Waals surface area (Å²) in [7, 11) is 6.75. The maximum atomic E-state index is 13.6. The third-order valence-electron chi connectivity index (χ3n) is 6.69. The van der Waals surface area contributed by atoms with Gasteiger partial charge in [0, 0.05) is 25.0 Å². The van der Waals surface area contributed by atoms with E-state index in [0.29, 0.717) is 30.0 Å².